The molecule has 1 fully saturated rings. The molecule has 2 N–H and O–H groups in total. The lowest BCUT2D eigenvalue weighted by atomic mass is 10.0. The van der Waals surface area contributed by atoms with Crippen molar-refractivity contribution in [1.82, 2.24) is 25.2 Å². The van der Waals surface area contributed by atoms with E-state index in [4.69, 9.17) is 18.0 Å². The maximum absolute atomic E-state index is 13.5. The lowest BCUT2D eigenvalue weighted by Crippen LogP contribution is -2.49. The second-order valence-electron chi connectivity index (χ2n) is 9.03. The Labute approximate surface area is 199 Å². The molecule has 1 aliphatic rings. The average molecular weight is 472 g/mol. The van der Waals surface area contributed by atoms with Crippen LogP contribution in [0.15, 0.2) is 24.4 Å². The molecule has 3 atom stereocenters. The van der Waals surface area contributed by atoms with Crippen molar-refractivity contribution in [3.63, 3.8) is 0 Å². The molecule has 2 heterocycles. The van der Waals surface area contributed by atoms with Gasteiger partial charge in [0.15, 0.2) is 0 Å². The van der Waals surface area contributed by atoms with Gasteiger partial charge in [0.2, 0.25) is 11.8 Å². The Balaban J connectivity index is 1.76. The van der Waals surface area contributed by atoms with Crippen LogP contribution in [-0.4, -0.2) is 55.5 Å². The third-order valence-electron chi connectivity index (χ3n) is 5.83. The minimum Gasteiger partial charge on any atom is -0.391 e. The minimum atomic E-state index is -0.786. The van der Waals surface area contributed by atoms with Gasteiger partial charge >= 0.3 is 0 Å². The molecule has 0 unspecified atom stereocenters. The summed E-state index contributed by atoms with van der Waals surface area (Å²) in [6.07, 6.45) is 6.55. The second kappa shape index (κ2) is 10.4. The Kier molecular flexibility index (Phi) is 7.77. The summed E-state index contributed by atoms with van der Waals surface area (Å²) in [5.74, 6) is 1.99. The van der Waals surface area contributed by atoms with Crippen molar-refractivity contribution < 1.29 is 14.7 Å². The molecule has 1 saturated heterocycles. The zero-order chi connectivity index (χ0) is 24.3. The van der Waals surface area contributed by atoms with Gasteiger partial charge in [-0.05, 0) is 29.5 Å². The van der Waals surface area contributed by atoms with Gasteiger partial charge < -0.3 is 15.3 Å². The van der Waals surface area contributed by atoms with Gasteiger partial charge in [-0.25, -0.2) is 4.68 Å². The Morgan fingerprint density at radius 2 is 2.06 bits per heavy atom. The Hall–Kier alpha value is -2.89. The molecule has 1 aromatic carbocycles. The van der Waals surface area contributed by atoms with Gasteiger partial charge in [0.05, 0.1) is 11.8 Å². The normalized spacial score (nSPS) is 19.1. The Bertz CT molecular complexity index is 1060. The standard InChI is InChI=1S/C24H30ClN5O3/c1-6-16-7-8-17(19(25)9-16)11-26-23(32)21-10-18(31)12-29(21)24(33)22(15(4)5)30-13-20(14(2)3)27-28-30/h1,7-9,13-15,18,21-22,31H,10-12H2,2-5H3,(H,26,32)/t18-,21+,22+/m1/s1. The number of amides is 2. The Morgan fingerprint density at radius 3 is 2.64 bits per heavy atom. The fourth-order valence-electron chi connectivity index (χ4n) is 3.95. The van der Waals surface area contributed by atoms with Crippen molar-refractivity contribution in [3.05, 3.63) is 46.2 Å². The first-order valence-corrected chi connectivity index (χ1v) is 11.4. The van der Waals surface area contributed by atoms with Crippen LogP contribution in [0.2, 0.25) is 5.02 Å². The highest BCUT2D eigenvalue weighted by molar-refractivity contribution is 6.31. The summed E-state index contributed by atoms with van der Waals surface area (Å²) >= 11 is 6.25. The number of likely N-dealkylation sites (tertiary alicyclic amines) is 1. The summed E-state index contributed by atoms with van der Waals surface area (Å²) in [5.41, 5.74) is 2.15. The third-order valence-corrected chi connectivity index (χ3v) is 6.18. The lowest BCUT2D eigenvalue weighted by Gasteiger charge is -2.29. The van der Waals surface area contributed by atoms with Crippen LogP contribution in [0.3, 0.4) is 0 Å². The van der Waals surface area contributed by atoms with Crippen LogP contribution in [-0.2, 0) is 16.1 Å². The average Bonchev–Trinajstić information content (AvgIpc) is 3.39. The molecule has 1 aliphatic heterocycles. The number of nitrogens with zero attached hydrogens (tertiary/aromatic N) is 4. The molecule has 2 amide bonds. The van der Waals surface area contributed by atoms with Crippen LogP contribution in [0.5, 0.6) is 0 Å². The van der Waals surface area contributed by atoms with Gasteiger partial charge in [-0.15, -0.1) is 11.5 Å². The number of β-amino-alcohol motifs (C(OH)–C–C–N with tert-alkyl or cyclic N) is 1. The van der Waals surface area contributed by atoms with Crippen molar-refractivity contribution in [2.75, 3.05) is 6.54 Å². The van der Waals surface area contributed by atoms with Crippen molar-refractivity contribution in [3.8, 4) is 12.3 Å². The molecule has 0 aliphatic carbocycles. The number of benzene rings is 1. The monoisotopic (exact) mass is 471 g/mol. The topological polar surface area (TPSA) is 100 Å². The van der Waals surface area contributed by atoms with E-state index in [1.165, 1.54) is 4.90 Å². The number of hydrogen-bond acceptors (Lipinski definition) is 5. The fourth-order valence-corrected chi connectivity index (χ4v) is 4.20. The van der Waals surface area contributed by atoms with Crippen LogP contribution >= 0.6 is 11.6 Å². The molecule has 2 aromatic rings. The van der Waals surface area contributed by atoms with Gasteiger partial charge in [0, 0.05) is 36.3 Å². The molecule has 3 rings (SSSR count). The zero-order valence-electron chi connectivity index (χ0n) is 19.3. The van der Waals surface area contributed by atoms with Crippen molar-refractivity contribution in [2.24, 2.45) is 5.92 Å². The molecule has 1 aromatic heterocycles. The minimum absolute atomic E-state index is 0.0868. The van der Waals surface area contributed by atoms with E-state index < -0.39 is 18.2 Å². The predicted octanol–water partition coefficient (Wildman–Crippen LogP) is 2.51. The molecule has 0 saturated carbocycles. The molecule has 176 valence electrons. The summed E-state index contributed by atoms with van der Waals surface area (Å²) in [6, 6.07) is 3.76. The highest BCUT2D eigenvalue weighted by Crippen LogP contribution is 2.27. The summed E-state index contributed by atoms with van der Waals surface area (Å²) in [5, 5.41) is 21.9. The number of aliphatic hydroxyl groups excluding tert-OH is 1. The van der Waals surface area contributed by atoms with Gasteiger partial charge in [-0.2, -0.15) is 0 Å². The number of aromatic nitrogens is 3. The van der Waals surface area contributed by atoms with Crippen LogP contribution < -0.4 is 5.32 Å². The van der Waals surface area contributed by atoms with E-state index in [0.29, 0.717) is 16.1 Å². The summed E-state index contributed by atoms with van der Waals surface area (Å²) in [6.45, 7) is 8.12. The van der Waals surface area contributed by atoms with Crippen molar-refractivity contribution >= 4 is 23.4 Å². The maximum Gasteiger partial charge on any atom is 0.248 e. The van der Waals surface area contributed by atoms with E-state index in [0.717, 1.165) is 5.69 Å². The number of hydrogen-bond donors (Lipinski definition) is 2. The number of terminal acetylenes is 1. The molecule has 0 bridgehead atoms. The van der Waals surface area contributed by atoms with E-state index in [-0.39, 0.29) is 43.2 Å². The fraction of sp³-hybridized carbons (Fsp3) is 0.500. The molecule has 0 spiro atoms. The molecular weight excluding hydrogens is 442 g/mol. The van der Waals surface area contributed by atoms with Crippen molar-refractivity contribution in [2.45, 2.75) is 64.8 Å². The molecule has 0 radical (unpaired) electrons. The Morgan fingerprint density at radius 1 is 1.33 bits per heavy atom. The second-order valence-corrected chi connectivity index (χ2v) is 9.44. The molecule has 8 nitrogen and oxygen atoms in total. The number of nitrogens with one attached hydrogen (secondary N) is 1. The highest BCUT2D eigenvalue weighted by atomic mass is 35.5. The molecule has 9 heteroatoms. The number of halogens is 1. The predicted molar refractivity (Wildman–Crippen MR) is 125 cm³/mol. The van der Waals surface area contributed by atoms with E-state index >= 15 is 0 Å². The van der Waals surface area contributed by atoms with Gasteiger partial charge in [0.25, 0.3) is 0 Å². The first-order valence-electron chi connectivity index (χ1n) is 11.0. The van der Waals surface area contributed by atoms with Crippen LogP contribution in [0.4, 0.5) is 0 Å². The quantitative estimate of drug-likeness (QED) is 0.604. The SMILES string of the molecule is C#Cc1ccc(CNC(=O)[C@@H]2C[C@@H](O)CN2C(=O)[C@H](C(C)C)n2cc(C(C)C)nn2)c(Cl)c1. The lowest BCUT2D eigenvalue weighted by molar-refractivity contribution is -0.142. The number of rotatable bonds is 7. The highest BCUT2D eigenvalue weighted by Gasteiger charge is 2.42. The van der Waals surface area contributed by atoms with E-state index in [1.807, 2.05) is 27.7 Å². The van der Waals surface area contributed by atoms with Gasteiger partial charge in [0.1, 0.15) is 12.1 Å². The maximum atomic E-state index is 13.5. The van der Waals surface area contributed by atoms with E-state index in [1.54, 1.807) is 29.1 Å². The van der Waals surface area contributed by atoms with Crippen LogP contribution in [0, 0.1) is 18.3 Å². The largest absolute Gasteiger partial charge is 0.391 e. The summed E-state index contributed by atoms with van der Waals surface area (Å²) in [4.78, 5) is 28.0. The summed E-state index contributed by atoms with van der Waals surface area (Å²) < 4.78 is 1.56. The molecule has 33 heavy (non-hydrogen) atoms. The summed E-state index contributed by atoms with van der Waals surface area (Å²) in [7, 11) is 0. The van der Waals surface area contributed by atoms with Crippen molar-refractivity contribution in [1.29, 1.82) is 0 Å². The van der Waals surface area contributed by atoms with E-state index in [2.05, 4.69) is 21.5 Å². The number of carbonyl (C=O) groups is 2. The van der Waals surface area contributed by atoms with E-state index in [9.17, 15) is 14.7 Å². The van der Waals surface area contributed by atoms with Gasteiger partial charge in [-0.1, -0.05) is 56.5 Å². The first-order chi connectivity index (χ1) is 15.6. The molecular formula is C24H30ClN5O3. The smallest absolute Gasteiger partial charge is 0.248 e. The number of aliphatic hydroxyl groups is 1. The zero-order valence-corrected chi connectivity index (χ0v) is 20.1. The van der Waals surface area contributed by atoms with Crippen LogP contribution in [0.25, 0.3) is 0 Å². The van der Waals surface area contributed by atoms with Gasteiger partial charge in [-0.3, -0.25) is 9.59 Å². The van der Waals surface area contributed by atoms with Crippen LogP contribution in [0.1, 0.15) is 62.9 Å². The third kappa shape index (κ3) is 5.55. The first kappa shape index (κ1) is 24.7. The number of carbonyl (C=O) groups excluding carboxylic acids is 2.